The number of carbonyl (C=O) groups excluding carboxylic acids is 1. The number of hydrogen-bond donors (Lipinski definition) is 0. The Labute approximate surface area is 167 Å². The summed E-state index contributed by atoms with van der Waals surface area (Å²) in [5.41, 5.74) is 3.16. The van der Waals surface area contributed by atoms with Gasteiger partial charge in [0.2, 0.25) is 0 Å². The molecule has 1 fully saturated rings. The standard InChI is InChI=1S/C22H31N5O/c1-15(2)26-9-7-19(14-26)21-24-23-20-8-10-25(11-12-27(20)21)22(28)18-6-5-16(3)17(4)13-18/h5-6,13,15,19H,7-12,14H2,1-4H3. The summed E-state index contributed by atoms with van der Waals surface area (Å²) in [5, 5.41) is 9.03. The fourth-order valence-electron chi connectivity index (χ4n) is 4.37. The minimum atomic E-state index is 0.121. The summed E-state index contributed by atoms with van der Waals surface area (Å²) in [7, 11) is 0. The monoisotopic (exact) mass is 381 g/mol. The Morgan fingerprint density at radius 2 is 1.89 bits per heavy atom. The number of benzene rings is 1. The van der Waals surface area contributed by atoms with Crippen LogP contribution in [0.25, 0.3) is 0 Å². The molecule has 6 heteroatoms. The highest BCUT2D eigenvalue weighted by molar-refractivity contribution is 5.94. The summed E-state index contributed by atoms with van der Waals surface area (Å²) in [4.78, 5) is 17.5. The lowest BCUT2D eigenvalue weighted by Crippen LogP contribution is -2.34. The van der Waals surface area contributed by atoms with Gasteiger partial charge < -0.3 is 14.4 Å². The fourth-order valence-corrected chi connectivity index (χ4v) is 4.37. The number of hydrogen-bond acceptors (Lipinski definition) is 4. The Kier molecular flexibility index (Phi) is 5.23. The molecule has 0 saturated carbocycles. The minimum Gasteiger partial charge on any atom is -0.336 e. The van der Waals surface area contributed by atoms with Gasteiger partial charge in [0, 0.05) is 50.1 Å². The third-order valence-electron chi connectivity index (χ3n) is 6.41. The predicted octanol–water partition coefficient (Wildman–Crippen LogP) is 2.79. The topological polar surface area (TPSA) is 54.3 Å². The predicted molar refractivity (Wildman–Crippen MR) is 110 cm³/mol. The number of amides is 1. The van der Waals surface area contributed by atoms with Crippen molar-refractivity contribution in [2.24, 2.45) is 0 Å². The van der Waals surface area contributed by atoms with Crippen LogP contribution in [0, 0.1) is 13.8 Å². The molecule has 0 N–H and O–H groups in total. The average molecular weight is 382 g/mol. The van der Waals surface area contributed by atoms with E-state index in [-0.39, 0.29) is 5.91 Å². The zero-order chi connectivity index (χ0) is 19.8. The Hall–Kier alpha value is -2.21. The number of fused-ring (bicyclic) bond motifs is 1. The van der Waals surface area contributed by atoms with Gasteiger partial charge in [0.05, 0.1) is 0 Å². The fraction of sp³-hybridized carbons (Fsp3) is 0.591. The number of aryl methyl sites for hydroxylation is 2. The van der Waals surface area contributed by atoms with Gasteiger partial charge in [-0.05, 0) is 63.9 Å². The van der Waals surface area contributed by atoms with Crippen LogP contribution in [0.2, 0.25) is 0 Å². The van der Waals surface area contributed by atoms with Crippen molar-refractivity contribution in [3.63, 3.8) is 0 Å². The maximum atomic E-state index is 13.0. The van der Waals surface area contributed by atoms with E-state index in [1.807, 2.05) is 23.1 Å². The number of nitrogens with zero attached hydrogens (tertiary/aromatic N) is 5. The SMILES string of the molecule is Cc1ccc(C(=O)N2CCc3nnc(C4CCN(C(C)C)C4)n3CC2)cc1C. The van der Waals surface area contributed by atoms with Crippen molar-refractivity contribution >= 4 is 5.91 Å². The molecule has 1 unspecified atom stereocenters. The molecule has 2 aliphatic heterocycles. The van der Waals surface area contributed by atoms with Crippen LogP contribution in [0.5, 0.6) is 0 Å². The molecule has 0 aliphatic carbocycles. The van der Waals surface area contributed by atoms with E-state index >= 15 is 0 Å². The first kappa shape index (κ1) is 19.1. The smallest absolute Gasteiger partial charge is 0.253 e. The number of carbonyl (C=O) groups is 1. The van der Waals surface area contributed by atoms with E-state index in [2.05, 4.69) is 47.4 Å². The summed E-state index contributed by atoms with van der Waals surface area (Å²) in [6, 6.07) is 6.56. The lowest BCUT2D eigenvalue weighted by Gasteiger charge is -2.21. The van der Waals surface area contributed by atoms with E-state index in [0.717, 1.165) is 55.3 Å². The summed E-state index contributed by atoms with van der Waals surface area (Å²) < 4.78 is 2.28. The molecule has 1 aromatic heterocycles. The zero-order valence-corrected chi connectivity index (χ0v) is 17.5. The van der Waals surface area contributed by atoms with E-state index < -0.39 is 0 Å². The van der Waals surface area contributed by atoms with Crippen LogP contribution in [0.3, 0.4) is 0 Å². The van der Waals surface area contributed by atoms with Crippen LogP contribution in [0.15, 0.2) is 18.2 Å². The van der Waals surface area contributed by atoms with Crippen molar-refractivity contribution in [3.8, 4) is 0 Å². The van der Waals surface area contributed by atoms with E-state index in [1.165, 1.54) is 5.56 Å². The van der Waals surface area contributed by atoms with Gasteiger partial charge in [0.15, 0.2) is 0 Å². The van der Waals surface area contributed by atoms with Crippen LogP contribution in [0.4, 0.5) is 0 Å². The summed E-state index contributed by atoms with van der Waals surface area (Å²) >= 11 is 0. The van der Waals surface area contributed by atoms with Crippen molar-refractivity contribution in [1.29, 1.82) is 0 Å². The van der Waals surface area contributed by atoms with Gasteiger partial charge in [-0.25, -0.2) is 0 Å². The Bertz CT molecular complexity index is 872. The molecule has 150 valence electrons. The third kappa shape index (κ3) is 3.58. The maximum Gasteiger partial charge on any atom is 0.253 e. The summed E-state index contributed by atoms with van der Waals surface area (Å²) in [6.07, 6.45) is 1.91. The van der Waals surface area contributed by atoms with Gasteiger partial charge in [-0.3, -0.25) is 4.79 Å². The molecular formula is C22H31N5O. The van der Waals surface area contributed by atoms with Gasteiger partial charge in [0.1, 0.15) is 11.6 Å². The van der Waals surface area contributed by atoms with E-state index in [1.54, 1.807) is 0 Å². The van der Waals surface area contributed by atoms with Gasteiger partial charge in [0.25, 0.3) is 5.91 Å². The van der Waals surface area contributed by atoms with Gasteiger partial charge >= 0.3 is 0 Å². The first-order valence-electron chi connectivity index (χ1n) is 10.5. The normalized spacial score (nSPS) is 20.5. The quantitative estimate of drug-likeness (QED) is 0.820. The maximum absolute atomic E-state index is 13.0. The number of aromatic nitrogens is 3. The highest BCUT2D eigenvalue weighted by Crippen LogP contribution is 2.28. The van der Waals surface area contributed by atoms with E-state index in [0.29, 0.717) is 25.0 Å². The van der Waals surface area contributed by atoms with Gasteiger partial charge in [-0.15, -0.1) is 10.2 Å². The van der Waals surface area contributed by atoms with Crippen molar-refractivity contribution in [3.05, 3.63) is 46.5 Å². The van der Waals surface area contributed by atoms with Gasteiger partial charge in [-0.1, -0.05) is 6.07 Å². The molecule has 0 radical (unpaired) electrons. The van der Waals surface area contributed by atoms with Crippen LogP contribution < -0.4 is 0 Å². The molecule has 28 heavy (non-hydrogen) atoms. The largest absolute Gasteiger partial charge is 0.336 e. The third-order valence-corrected chi connectivity index (χ3v) is 6.41. The summed E-state index contributed by atoms with van der Waals surface area (Å²) in [5.74, 6) is 2.70. The van der Waals surface area contributed by atoms with Crippen LogP contribution in [-0.2, 0) is 13.0 Å². The second-order valence-electron chi connectivity index (χ2n) is 8.54. The van der Waals surface area contributed by atoms with Crippen LogP contribution in [-0.4, -0.2) is 62.7 Å². The highest BCUT2D eigenvalue weighted by atomic mass is 16.2. The zero-order valence-electron chi connectivity index (χ0n) is 17.5. The molecule has 0 bridgehead atoms. The Balaban J connectivity index is 1.48. The molecule has 0 spiro atoms. The molecule has 1 amide bonds. The highest BCUT2D eigenvalue weighted by Gasteiger charge is 2.31. The Morgan fingerprint density at radius 3 is 2.61 bits per heavy atom. The van der Waals surface area contributed by atoms with Crippen LogP contribution >= 0.6 is 0 Å². The lowest BCUT2D eigenvalue weighted by molar-refractivity contribution is 0.0758. The molecule has 3 heterocycles. The lowest BCUT2D eigenvalue weighted by atomic mass is 10.1. The van der Waals surface area contributed by atoms with E-state index in [4.69, 9.17) is 0 Å². The van der Waals surface area contributed by atoms with Crippen molar-refractivity contribution in [1.82, 2.24) is 24.6 Å². The molecule has 1 saturated heterocycles. The number of likely N-dealkylation sites (tertiary alicyclic amines) is 1. The number of rotatable bonds is 3. The first-order valence-corrected chi connectivity index (χ1v) is 10.5. The Morgan fingerprint density at radius 1 is 1.07 bits per heavy atom. The van der Waals surface area contributed by atoms with Gasteiger partial charge in [-0.2, -0.15) is 0 Å². The molecule has 1 aromatic carbocycles. The second-order valence-corrected chi connectivity index (χ2v) is 8.54. The molecule has 6 nitrogen and oxygen atoms in total. The molecule has 4 rings (SSSR count). The molecule has 1 atom stereocenters. The van der Waals surface area contributed by atoms with Crippen molar-refractivity contribution in [2.45, 2.75) is 59.0 Å². The molecular weight excluding hydrogens is 350 g/mol. The first-order chi connectivity index (χ1) is 13.4. The van der Waals surface area contributed by atoms with E-state index in [9.17, 15) is 4.79 Å². The van der Waals surface area contributed by atoms with Crippen LogP contribution in [0.1, 0.15) is 59.3 Å². The minimum absolute atomic E-state index is 0.121. The van der Waals surface area contributed by atoms with Crippen molar-refractivity contribution < 1.29 is 4.79 Å². The molecule has 2 aromatic rings. The second kappa shape index (κ2) is 7.66. The average Bonchev–Trinajstić information content (AvgIpc) is 3.26. The molecule has 2 aliphatic rings. The summed E-state index contributed by atoms with van der Waals surface area (Å²) in [6.45, 7) is 13.0. The van der Waals surface area contributed by atoms with Crippen molar-refractivity contribution in [2.75, 3.05) is 26.2 Å².